The molecule has 1 atom stereocenters. The highest BCUT2D eigenvalue weighted by molar-refractivity contribution is 6.09. The molecule has 0 fully saturated rings. The summed E-state index contributed by atoms with van der Waals surface area (Å²) in [6, 6.07) is 26.5. The van der Waals surface area contributed by atoms with E-state index in [4.69, 9.17) is 0 Å². The van der Waals surface area contributed by atoms with Crippen molar-refractivity contribution in [3.63, 3.8) is 0 Å². The van der Waals surface area contributed by atoms with Crippen molar-refractivity contribution in [2.24, 2.45) is 0 Å². The fourth-order valence-electron chi connectivity index (χ4n) is 4.22. The largest absolute Gasteiger partial charge is 0.503 e. The molecule has 0 bridgehead atoms. The molecule has 1 unspecified atom stereocenters. The number of nitrogens with zero attached hydrogens (tertiary/aromatic N) is 2. The number of aliphatic hydroxyl groups is 1. The van der Waals surface area contributed by atoms with Crippen LogP contribution >= 0.6 is 0 Å². The van der Waals surface area contributed by atoms with E-state index in [1.54, 1.807) is 4.90 Å². The maximum Gasteiger partial charge on any atom is 0.290 e. The Balaban J connectivity index is 1.67. The number of ketones is 1. The number of hydrogen-bond donors (Lipinski definition) is 1. The summed E-state index contributed by atoms with van der Waals surface area (Å²) in [4.78, 5) is 30.0. The molecular weight excluding hydrogens is 412 g/mol. The molecule has 3 aromatic rings. The highest BCUT2D eigenvalue weighted by Crippen LogP contribution is 2.39. The lowest BCUT2D eigenvalue weighted by Gasteiger charge is -2.27. The third kappa shape index (κ3) is 4.82. The Kier molecular flexibility index (Phi) is 6.59. The summed E-state index contributed by atoms with van der Waals surface area (Å²) in [5, 5.41) is 10.8. The second-order valence-corrected chi connectivity index (χ2v) is 8.48. The number of benzene rings is 3. The van der Waals surface area contributed by atoms with E-state index < -0.39 is 17.7 Å². The lowest BCUT2D eigenvalue weighted by molar-refractivity contribution is -0.130. The van der Waals surface area contributed by atoms with Crippen LogP contribution in [0.1, 0.15) is 29.2 Å². The van der Waals surface area contributed by atoms with Crippen molar-refractivity contribution < 1.29 is 14.7 Å². The third-order valence-corrected chi connectivity index (χ3v) is 6.01. The first-order valence-corrected chi connectivity index (χ1v) is 11.1. The molecule has 1 aliphatic rings. The topological polar surface area (TPSA) is 60.9 Å². The first-order valence-electron chi connectivity index (χ1n) is 11.1. The monoisotopic (exact) mass is 440 g/mol. The molecule has 0 aliphatic carbocycles. The van der Waals surface area contributed by atoms with Gasteiger partial charge in [0.15, 0.2) is 11.5 Å². The number of Topliss-reactive ketones (excluding diaryl/α,β-unsaturated/α-hetero) is 1. The third-order valence-electron chi connectivity index (χ3n) is 6.01. The SMILES string of the molecule is CN(C)c1ccc(C2C(C(=O)CCc3ccccc3)=C(O)C(=O)N2Cc2ccccc2)cc1. The Hall–Kier alpha value is -3.86. The summed E-state index contributed by atoms with van der Waals surface area (Å²) in [5.41, 5.74) is 3.99. The van der Waals surface area contributed by atoms with E-state index in [0.717, 1.165) is 22.4 Å². The van der Waals surface area contributed by atoms with Crippen LogP contribution in [0, 0.1) is 0 Å². The summed E-state index contributed by atoms with van der Waals surface area (Å²) >= 11 is 0. The normalized spacial score (nSPS) is 15.8. The average molecular weight is 441 g/mol. The predicted molar refractivity (Wildman–Crippen MR) is 130 cm³/mol. The molecule has 0 saturated heterocycles. The van der Waals surface area contributed by atoms with Gasteiger partial charge in [0.05, 0.1) is 11.6 Å². The maximum atomic E-state index is 13.3. The lowest BCUT2D eigenvalue weighted by atomic mass is 9.93. The van der Waals surface area contributed by atoms with Crippen LogP contribution in [0.2, 0.25) is 0 Å². The minimum atomic E-state index is -0.628. The van der Waals surface area contributed by atoms with Crippen LogP contribution in [-0.2, 0) is 22.6 Å². The van der Waals surface area contributed by atoms with E-state index in [1.807, 2.05) is 104 Å². The Morgan fingerprint density at radius 1 is 0.879 bits per heavy atom. The van der Waals surface area contributed by atoms with E-state index in [2.05, 4.69) is 0 Å². The van der Waals surface area contributed by atoms with Gasteiger partial charge in [-0.25, -0.2) is 0 Å². The zero-order valence-corrected chi connectivity index (χ0v) is 18.9. The van der Waals surface area contributed by atoms with Crippen molar-refractivity contribution in [3.05, 3.63) is 113 Å². The number of rotatable bonds is 8. The van der Waals surface area contributed by atoms with Crippen molar-refractivity contribution in [3.8, 4) is 0 Å². The van der Waals surface area contributed by atoms with Gasteiger partial charge < -0.3 is 14.9 Å². The number of hydrogen-bond acceptors (Lipinski definition) is 4. The molecule has 1 aliphatic heterocycles. The summed E-state index contributed by atoms with van der Waals surface area (Å²) in [6.07, 6.45) is 0.776. The molecule has 4 rings (SSSR count). The Morgan fingerprint density at radius 3 is 2.03 bits per heavy atom. The fourth-order valence-corrected chi connectivity index (χ4v) is 4.22. The van der Waals surface area contributed by atoms with Gasteiger partial charge in [-0.15, -0.1) is 0 Å². The average Bonchev–Trinajstić information content (AvgIpc) is 3.09. The Bertz CT molecular complexity index is 1150. The number of amides is 1. The van der Waals surface area contributed by atoms with Gasteiger partial charge in [0.1, 0.15) is 0 Å². The van der Waals surface area contributed by atoms with Gasteiger partial charge in [0, 0.05) is 32.7 Å². The molecule has 0 radical (unpaired) electrons. The molecule has 0 saturated carbocycles. The Morgan fingerprint density at radius 2 is 1.45 bits per heavy atom. The van der Waals surface area contributed by atoms with Gasteiger partial charge >= 0.3 is 0 Å². The van der Waals surface area contributed by atoms with Gasteiger partial charge in [0.25, 0.3) is 5.91 Å². The van der Waals surface area contributed by atoms with E-state index in [0.29, 0.717) is 13.0 Å². The van der Waals surface area contributed by atoms with Gasteiger partial charge in [-0.3, -0.25) is 9.59 Å². The first-order chi connectivity index (χ1) is 16.0. The molecule has 0 spiro atoms. The Labute approximate surface area is 194 Å². The van der Waals surface area contributed by atoms with E-state index in [1.165, 1.54) is 0 Å². The number of aryl methyl sites for hydroxylation is 1. The molecule has 0 aromatic heterocycles. The minimum absolute atomic E-state index is 0.185. The van der Waals surface area contributed by atoms with Crippen LogP contribution in [0.5, 0.6) is 0 Å². The van der Waals surface area contributed by atoms with Crippen LogP contribution in [0.15, 0.2) is 96.3 Å². The summed E-state index contributed by atoms with van der Waals surface area (Å²) in [7, 11) is 3.92. The van der Waals surface area contributed by atoms with Gasteiger partial charge in [-0.1, -0.05) is 72.8 Å². The standard InChI is InChI=1S/C28H28N2O3/c1-29(2)23-16-14-22(15-17-23)26-25(24(31)18-13-20-9-5-3-6-10-20)27(32)28(33)30(26)19-21-11-7-4-8-12-21/h3-12,14-17,26,32H,13,18-19H2,1-2H3. The number of aliphatic hydroxyl groups excluding tert-OH is 1. The zero-order chi connectivity index (χ0) is 23.4. The molecule has 33 heavy (non-hydrogen) atoms. The van der Waals surface area contributed by atoms with Crippen molar-refractivity contribution >= 4 is 17.4 Å². The van der Waals surface area contributed by atoms with Crippen molar-refractivity contribution in [2.75, 3.05) is 19.0 Å². The predicted octanol–water partition coefficient (Wildman–Crippen LogP) is 4.85. The van der Waals surface area contributed by atoms with E-state index in [9.17, 15) is 14.7 Å². The van der Waals surface area contributed by atoms with Gasteiger partial charge in [-0.05, 0) is 35.2 Å². The number of carbonyl (C=O) groups is 2. The van der Waals surface area contributed by atoms with Crippen LogP contribution < -0.4 is 4.90 Å². The number of anilines is 1. The fraction of sp³-hybridized carbons (Fsp3) is 0.214. The minimum Gasteiger partial charge on any atom is -0.503 e. The van der Waals surface area contributed by atoms with E-state index >= 15 is 0 Å². The molecule has 5 nitrogen and oxygen atoms in total. The van der Waals surface area contributed by atoms with Crippen molar-refractivity contribution in [1.82, 2.24) is 4.90 Å². The summed E-state index contributed by atoms with van der Waals surface area (Å²) < 4.78 is 0. The van der Waals surface area contributed by atoms with Crippen LogP contribution in [0.4, 0.5) is 5.69 Å². The molecular formula is C28H28N2O3. The van der Waals surface area contributed by atoms with Crippen molar-refractivity contribution in [2.45, 2.75) is 25.4 Å². The highest BCUT2D eigenvalue weighted by atomic mass is 16.3. The van der Waals surface area contributed by atoms with Crippen LogP contribution in [0.25, 0.3) is 0 Å². The smallest absolute Gasteiger partial charge is 0.290 e. The number of carbonyl (C=O) groups excluding carboxylic acids is 2. The molecule has 168 valence electrons. The molecule has 3 aromatic carbocycles. The molecule has 5 heteroatoms. The summed E-state index contributed by atoms with van der Waals surface area (Å²) in [5.74, 6) is -1.16. The second-order valence-electron chi connectivity index (χ2n) is 8.48. The van der Waals surface area contributed by atoms with Crippen molar-refractivity contribution in [1.29, 1.82) is 0 Å². The second kappa shape index (κ2) is 9.74. The molecule has 1 N–H and O–H groups in total. The van der Waals surface area contributed by atoms with Gasteiger partial charge in [-0.2, -0.15) is 0 Å². The summed E-state index contributed by atoms with van der Waals surface area (Å²) in [6.45, 7) is 0.305. The lowest BCUT2D eigenvalue weighted by Crippen LogP contribution is -2.30. The van der Waals surface area contributed by atoms with Gasteiger partial charge in [0.2, 0.25) is 0 Å². The zero-order valence-electron chi connectivity index (χ0n) is 18.9. The molecule has 1 heterocycles. The van der Waals surface area contributed by atoms with Crippen LogP contribution in [-0.4, -0.2) is 35.8 Å². The van der Waals surface area contributed by atoms with E-state index in [-0.39, 0.29) is 17.8 Å². The first kappa shape index (κ1) is 22.3. The van der Waals surface area contributed by atoms with Crippen LogP contribution in [0.3, 0.4) is 0 Å². The quantitative estimate of drug-likeness (QED) is 0.544. The highest BCUT2D eigenvalue weighted by Gasteiger charge is 2.43. The molecule has 1 amide bonds. The maximum absolute atomic E-state index is 13.3.